The van der Waals surface area contributed by atoms with E-state index in [9.17, 15) is 17.3 Å². The van der Waals surface area contributed by atoms with Crippen LogP contribution in [-0.2, 0) is 6.54 Å². The fourth-order valence-electron chi connectivity index (χ4n) is 4.03. The van der Waals surface area contributed by atoms with E-state index in [0.717, 1.165) is 11.3 Å². The first-order valence-electron chi connectivity index (χ1n) is 9.08. The first-order chi connectivity index (χ1) is 11.4. The fourth-order valence-corrected chi connectivity index (χ4v) is 7.92. The first kappa shape index (κ1) is 19.7. The number of nitrogens with one attached hydrogen (secondary N) is 1. The highest BCUT2D eigenvalue weighted by Gasteiger charge is 2.32. The van der Waals surface area contributed by atoms with E-state index in [4.69, 9.17) is 0 Å². The minimum absolute atomic E-state index is 0.332. The monoisotopic (exact) mass is 366 g/mol. The number of aromatic amines is 1. The summed E-state index contributed by atoms with van der Waals surface area (Å²) in [5.41, 5.74) is 2.27. The summed E-state index contributed by atoms with van der Waals surface area (Å²) >= 11 is 0. The van der Waals surface area contributed by atoms with Crippen molar-refractivity contribution >= 4 is 15.2 Å². The predicted molar refractivity (Wildman–Crippen MR) is 92.1 cm³/mol. The lowest BCUT2D eigenvalue weighted by atomic mass is 10.3. The molecule has 1 heterocycles. The SMILES string of the molecule is F[B-](F)(F)F.c1cn(CCCP(C2CCCC2)C2CCCC2)c[nH+]1. The van der Waals surface area contributed by atoms with Gasteiger partial charge in [-0.1, -0.05) is 25.7 Å². The van der Waals surface area contributed by atoms with Gasteiger partial charge in [0.25, 0.3) is 0 Å². The Balaban J connectivity index is 0.000000368. The van der Waals surface area contributed by atoms with Crippen molar-refractivity contribution in [1.29, 1.82) is 0 Å². The number of rotatable bonds is 6. The molecule has 1 N–H and O–H groups in total. The van der Waals surface area contributed by atoms with E-state index >= 15 is 0 Å². The van der Waals surface area contributed by atoms with Gasteiger partial charge in [-0.05, 0) is 49.6 Å². The van der Waals surface area contributed by atoms with E-state index in [1.807, 2.05) is 6.20 Å². The van der Waals surface area contributed by atoms with Gasteiger partial charge >= 0.3 is 7.25 Å². The van der Waals surface area contributed by atoms with Crippen molar-refractivity contribution in [2.75, 3.05) is 6.16 Å². The fraction of sp³-hybridized carbons (Fsp3) is 0.812. The van der Waals surface area contributed by atoms with Crippen molar-refractivity contribution < 1.29 is 22.2 Å². The van der Waals surface area contributed by atoms with Gasteiger partial charge in [-0.3, -0.25) is 4.98 Å². The van der Waals surface area contributed by atoms with Crippen molar-refractivity contribution in [1.82, 2.24) is 4.57 Å². The van der Waals surface area contributed by atoms with Crippen LogP contribution in [0.2, 0.25) is 0 Å². The zero-order valence-corrected chi connectivity index (χ0v) is 15.0. The summed E-state index contributed by atoms with van der Waals surface area (Å²) < 4.78 is 41.3. The van der Waals surface area contributed by atoms with Crippen LogP contribution in [0.15, 0.2) is 18.7 Å². The van der Waals surface area contributed by atoms with Crippen molar-refractivity contribution in [2.24, 2.45) is 0 Å². The molecular weight excluding hydrogens is 338 g/mol. The zero-order chi connectivity index (χ0) is 17.4. The molecule has 0 unspecified atom stereocenters. The number of imidazole rings is 1. The minimum Gasteiger partial charge on any atom is -0.418 e. The molecule has 0 amide bonds. The summed E-state index contributed by atoms with van der Waals surface area (Å²) in [5, 5.41) is 0. The third-order valence-corrected chi connectivity index (χ3v) is 8.76. The molecule has 1 aromatic heterocycles. The number of hydrogen-bond acceptors (Lipinski definition) is 0. The Bertz CT molecular complexity index is 421. The average Bonchev–Trinajstić information content (AvgIpc) is 3.23. The van der Waals surface area contributed by atoms with Crippen LogP contribution in [-0.4, -0.2) is 29.3 Å². The molecule has 2 aliphatic rings. The number of halogens is 4. The van der Waals surface area contributed by atoms with E-state index < -0.39 is 7.25 Å². The molecule has 1 aromatic rings. The van der Waals surface area contributed by atoms with Crippen LogP contribution in [0.5, 0.6) is 0 Å². The Morgan fingerprint density at radius 2 is 1.46 bits per heavy atom. The van der Waals surface area contributed by atoms with Gasteiger partial charge in [0, 0.05) is 0 Å². The molecule has 24 heavy (non-hydrogen) atoms. The van der Waals surface area contributed by atoms with Crippen LogP contribution in [0.4, 0.5) is 17.3 Å². The minimum atomic E-state index is -6.00. The Kier molecular flexibility index (Phi) is 8.06. The van der Waals surface area contributed by atoms with Crippen molar-refractivity contribution in [3.05, 3.63) is 18.7 Å². The van der Waals surface area contributed by atoms with Gasteiger partial charge in [0.15, 0.2) is 0 Å². The van der Waals surface area contributed by atoms with Gasteiger partial charge in [0.05, 0.1) is 6.54 Å². The molecule has 2 nitrogen and oxygen atoms in total. The second-order valence-corrected chi connectivity index (χ2v) is 9.75. The van der Waals surface area contributed by atoms with Crippen molar-refractivity contribution in [2.45, 2.75) is 75.7 Å². The Morgan fingerprint density at radius 1 is 0.958 bits per heavy atom. The summed E-state index contributed by atoms with van der Waals surface area (Å²) in [4.78, 5) is 3.15. The van der Waals surface area contributed by atoms with Crippen molar-refractivity contribution in [3.8, 4) is 0 Å². The number of H-pyrrole nitrogens is 1. The van der Waals surface area contributed by atoms with E-state index in [0.29, 0.717) is 7.92 Å². The van der Waals surface area contributed by atoms with Gasteiger partial charge in [-0.15, -0.1) is 7.92 Å². The molecular formula is C16H28BF4N2P. The van der Waals surface area contributed by atoms with E-state index in [1.165, 1.54) is 44.8 Å². The van der Waals surface area contributed by atoms with Gasteiger partial charge in [-0.25, -0.2) is 4.57 Å². The second kappa shape index (κ2) is 9.79. The van der Waals surface area contributed by atoms with Crippen LogP contribution >= 0.6 is 7.92 Å². The summed E-state index contributed by atoms with van der Waals surface area (Å²) in [6.07, 6.45) is 21.5. The summed E-state index contributed by atoms with van der Waals surface area (Å²) in [6, 6.07) is 0. The van der Waals surface area contributed by atoms with E-state index in [1.54, 1.807) is 25.7 Å². The molecule has 138 valence electrons. The summed E-state index contributed by atoms with van der Waals surface area (Å²) in [6.45, 7) is 1.21. The summed E-state index contributed by atoms with van der Waals surface area (Å²) in [7, 11) is -5.67. The molecule has 0 aliphatic heterocycles. The Labute approximate surface area is 143 Å². The molecule has 2 saturated carbocycles. The largest absolute Gasteiger partial charge is 0.673 e. The van der Waals surface area contributed by atoms with Crippen molar-refractivity contribution in [3.63, 3.8) is 0 Å². The maximum Gasteiger partial charge on any atom is 0.673 e. The van der Waals surface area contributed by atoms with E-state index in [-0.39, 0.29) is 0 Å². The Hall–Kier alpha value is -0.575. The van der Waals surface area contributed by atoms with Crippen LogP contribution in [0, 0.1) is 0 Å². The smallest absolute Gasteiger partial charge is 0.418 e. The third-order valence-electron chi connectivity index (χ3n) is 5.02. The molecule has 0 spiro atoms. The molecule has 2 fully saturated rings. The second-order valence-electron chi connectivity index (χ2n) is 6.81. The molecule has 0 bridgehead atoms. The third kappa shape index (κ3) is 7.54. The molecule has 3 rings (SSSR count). The molecule has 0 atom stereocenters. The topological polar surface area (TPSA) is 19.1 Å². The van der Waals surface area contributed by atoms with Crippen LogP contribution in [0.25, 0.3) is 0 Å². The lowest BCUT2D eigenvalue weighted by Crippen LogP contribution is -2.13. The van der Waals surface area contributed by atoms with Gasteiger partial charge in [-0.2, -0.15) is 0 Å². The van der Waals surface area contributed by atoms with Crippen LogP contribution in [0.3, 0.4) is 0 Å². The zero-order valence-electron chi connectivity index (χ0n) is 14.1. The molecule has 0 aromatic carbocycles. The number of aryl methyl sites for hydroxylation is 1. The van der Waals surface area contributed by atoms with Crippen LogP contribution < -0.4 is 4.98 Å². The highest BCUT2D eigenvalue weighted by Crippen LogP contribution is 2.57. The molecule has 2 aliphatic carbocycles. The van der Waals surface area contributed by atoms with Gasteiger partial charge in [0.1, 0.15) is 12.4 Å². The standard InChI is InChI=1S/C16H27N2P.BF4/c1-2-7-15(6-1)19(16-8-3-4-9-16)13-5-11-18-12-10-17-14-18;2-1(3,4)5/h10,12,14-16H,1-9,11,13H2;/q;-1/p+1. The molecule has 0 saturated heterocycles. The number of hydrogen-bond donors (Lipinski definition) is 0. The van der Waals surface area contributed by atoms with Gasteiger partial charge < -0.3 is 17.3 Å². The normalized spacial score (nSPS) is 19.7. The Morgan fingerprint density at radius 3 is 1.88 bits per heavy atom. The lowest BCUT2D eigenvalue weighted by Gasteiger charge is -2.30. The highest BCUT2D eigenvalue weighted by molar-refractivity contribution is 7.59. The quantitative estimate of drug-likeness (QED) is 0.367. The number of nitrogens with zero attached hydrogens (tertiary/aromatic N) is 1. The highest BCUT2D eigenvalue weighted by atomic mass is 31.1. The molecule has 8 heteroatoms. The van der Waals surface area contributed by atoms with Gasteiger partial charge in [0.2, 0.25) is 6.33 Å². The number of aromatic nitrogens is 2. The van der Waals surface area contributed by atoms with Crippen LogP contribution in [0.1, 0.15) is 57.8 Å². The lowest BCUT2D eigenvalue weighted by molar-refractivity contribution is -0.377. The first-order valence-corrected chi connectivity index (χ1v) is 10.7. The molecule has 0 radical (unpaired) electrons. The van der Waals surface area contributed by atoms with E-state index in [2.05, 4.69) is 22.1 Å². The maximum absolute atomic E-state index is 9.75. The average molecular weight is 366 g/mol. The maximum atomic E-state index is 9.75. The summed E-state index contributed by atoms with van der Waals surface area (Å²) in [5.74, 6) is 0. The predicted octanol–water partition coefficient (Wildman–Crippen LogP) is 5.36.